The van der Waals surface area contributed by atoms with Gasteiger partial charge in [0.2, 0.25) is 0 Å². The molecule has 1 heterocycles. The highest BCUT2D eigenvalue weighted by atomic mass is 32.1. The van der Waals surface area contributed by atoms with Crippen molar-refractivity contribution in [1.29, 1.82) is 0 Å². The fourth-order valence-corrected chi connectivity index (χ4v) is 4.02. The Morgan fingerprint density at radius 1 is 1.25 bits per heavy atom. The quantitative estimate of drug-likeness (QED) is 0.904. The molecule has 1 aliphatic carbocycles. The van der Waals surface area contributed by atoms with Gasteiger partial charge >= 0.3 is 0 Å². The third-order valence-corrected chi connectivity index (χ3v) is 5.16. The molecule has 0 aliphatic heterocycles. The smallest absolute Gasteiger partial charge is 0.134 e. The molecule has 2 nitrogen and oxygen atoms in total. The molecule has 1 aliphatic rings. The molecular weight excluding hydrogens is 266 g/mol. The molecule has 3 rings (SSSR count). The average molecular weight is 287 g/mol. The van der Waals surface area contributed by atoms with E-state index in [-0.39, 0.29) is 0 Å². The van der Waals surface area contributed by atoms with E-state index in [1.54, 1.807) is 29.6 Å². The van der Waals surface area contributed by atoms with Crippen LogP contribution in [0.25, 0.3) is 0 Å². The number of methoxy groups -OCH3 is 1. The lowest BCUT2D eigenvalue weighted by Crippen LogP contribution is -2.18. The van der Waals surface area contributed by atoms with E-state index in [0.717, 1.165) is 12.2 Å². The van der Waals surface area contributed by atoms with Crippen LogP contribution < -0.4 is 10.1 Å². The summed E-state index contributed by atoms with van der Waals surface area (Å²) in [4.78, 5) is 1.29. The van der Waals surface area contributed by atoms with Crippen molar-refractivity contribution < 1.29 is 4.74 Å². The summed E-state index contributed by atoms with van der Waals surface area (Å²) >= 11 is 1.76. The maximum absolute atomic E-state index is 5.45. The van der Waals surface area contributed by atoms with Gasteiger partial charge in [-0.15, -0.1) is 11.3 Å². The van der Waals surface area contributed by atoms with Crippen LogP contribution in [0.1, 0.15) is 34.0 Å². The Kier molecular flexibility index (Phi) is 4.08. The molecular formula is C17H21NOS. The second-order valence-electron chi connectivity index (χ2n) is 5.36. The van der Waals surface area contributed by atoms with Gasteiger partial charge in [0.25, 0.3) is 0 Å². The van der Waals surface area contributed by atoms with E-state index in [9.17, 15) is 0 Å². The van der Waals surface area contributed by atoms with E-state index in [0.29, 0.717) is 6.04 Å². The Bertz CT molecular complexity index is 590. The molecule has 2 aromatic rings. The summed E-state index contributed by atoms with van der Waals surface area (Å²) < 4.78 is 5.45. The zero-order chi connectivity index (χ0) is 13.9. The van der Waals surface area contributed by atoms with Gasteiger partial charge in [-0.05, 0) is 60.9 Å². The molecule has 0 saturated carbocycles. The highest BCUT2D eigenvalue weighted by Gasteiger charge is 2.18. The third-order valence-electron chi connectivity index (χ3n) is 4.14. The van der Waals surface area contributed by atoms with Gasteiger partial charge in [0.05, 0.1) is 12.0 Å². The van der Waals surface area contributed by atoms with E-state index >= 15 is 0 Å². The minimum Gasteiger partial charge on any atom is -0.496 e. The topological polar surface area (TPSA) is 21.3 Å². The highest BCUT2D eigenvalue weighted by molar-refractivity contribution is 7.10. The van der Waals surface area contributed by atoms with Crippen molar-refractivity contribution >= 4 is 11.3 Å². The summed E-state index contributed by atoms with van der Waals surface area (Å²) in [6.07, 6.45) is 4.83. The SMILES string of the molecule is CNC(Cc1ccc2c(c1)CCC2)c1sccc1OC. The molecule has 3 heteroatoms. The second-order valence-corrected chi connectivity index (χ2v) is 6.30. The van der Waals surface area contributed by atoms with Crippen molar-refractivity contribution in [2.75, 3.05) is 14.2 Å². The number of ether oxygens (including phenoxy) is 1. The van der Waals surface area contributed by atoms with Crippen molar-refractivity contribution in [2.45, 2.75) is 31.7 Å². The number of thiophene rings is 1. The number of hydrogen-bond acceptors (Lipinski definition) is 3. The molecule has 1 unspecified atom stereocenters. The van der Waals surface area contributed by atoms with Crippen molar-refractivity contribution in [1.82, 2.24) is 5.32 Å². The normalized spacial score (nSPS) is 15.1. The van der Waals surface area contributed by atoms with Crippen molar-refractivity contribution in [2.24, 2.45) is 0 Å². The predicted octanol–water partition coefficient (Wildman–Crippen LogP) is 3.75. The van der Waals surface area contributed by atoms with Crippen molar-refractivity contribution in [3.8, 4) is 5.75 Å². The van der Waals surface area contributed by atoms with Gasteiger partial charge in [-0.2, -0.15) is 0 Å². The van der Waals surface area contributed by atoms with Gasteiger partial charge in [-0.3, -0.25) is 0 Å². The molecule has 0 bridgehead atoms. The first kappa shape index (κ1) is 13.7. The van der Waals surface area contributed by atoms with Crippen LogP contribution in [0.4, 0.5) is 0 Å². The van der Waals surface area contributed by atoms with Crippen LogP contribution in [0, 0.1) is 0 Å². The van der Waals surface area contributed by atoms with Crippen LogP contribution in [0.2, 0.25) is 0 Å². The zero-order valence-corrected chi connectivity index (χ0v) is 12.9. The first-order valence-electron chi connectivity index (χ1n) is 7.21. The summed E-state index contributed by atoms with van der Waals surface area (Å²) in [6, 6.07) is 9.37. The van der Waals surface area contributed by atoms with Gasteiger partial charge in [0.15, 0.2) is 0 Å². The molecule has 106 valence electrons. The van der Waals surface area contributed by atoms with E-state index in [1.807, 2.05) is 13.1 Å². The Morgan fingerprint density at radius 2 is 2.10 bits per heavy atom. The molecule has 1 aromatic carbocycles. The predicted molar refractivity (Wildman–Crippen MR) is 84.8 cm³/mol. The maximum atomic E-state index is 5.45. The number of fused-ring (bicyclic) bond motifs is 1. The molecule has 0 amide bonds. The second kappa shape index (κ2) is 5.98. The van der Waals surface area contributed by atoms with E-state index in [1.165, 1.54) is 29.7 Å². The van der Waals surface area contributed by atoms with Crippen LogP contribution in [-0.4, -0.2) is 14.2 Å². The minimum atomic E-state index is 0.324. The lowest BCUT2D eigenvalue weighted by Gasteiger charge is -2.17. The van der Waals surface area contributed by atoms with Gasteiger partial charge in [0.1, 0.15) is 5.75 Å². The number of nitrogens with one attached hydrogen (secondary N) is 1. The van der Waals surface area contributed by atoms with E-state index in [2.05, 4.69) is 28.9 Å². The minimum absolute atomic E-state index is 0.324. The van der Waals surface area contributed by atoms with Crippen LogP contribution in [0.5, 0.6) is 5.75 Å². The monoisotopic (exact) mass is 287 g/mol. The Labute approximate surface area is 124 Å². The number of rotatable bonds is 5. The number of aryl methyl sites for hydroxylation is 2. The molecule has 0 spiro atoms. The first-order chi connectivity index (χ1) is 9.81. The number of benzene rings is 1. The molecule has 0 fully saturated rings. The van der Waals surface area contributed by atoms with E-state index < -0.39 is 0 Å². The average Bonchev–Trinajstić information content (AvgIpc) is 3.12. The van der Waals surface area contributed by atoms with Gasteiger partial charge in [0, 0.05) is 6.04 Å². The summed E-state index contributed by atoms with van der Waals surface area (Å²) in [7, 11) is 3.77. The molecule has 1 atom stereocenters. The zero-order valence-electron chi connectivity index (χ0n) is 12.1. The van der Waals surface area contributed by atoms with Crippen LogP contribution in [0.15, 0.2) is 29.6 Å². The molecule has 1 aromatic heterocycles. The molecule has 0 radical (unpaired) electrons. The number of likely N-dealkylation sites (N-methyl/N-ethyl adjacent to an activating group) is 1. The summed E-state index contributed by atoms with van der Waals surface area (Å²) in [6.45, 7) is 0. The summed E-state index contributed by atoms with van der Waals surface area (Å²) in [5.74, 6) is 0.996. The van der Waals surface area contributed by atoms with Crippen LogP contribution >= 0.6 is 11.3 Å². The Balaban J connectivity index is 1.81. The van der Waals surface area contributed by atoms with Crippen molar-refractivity contribution in [3.05, 3.63) is 51.2 Å². The third kappa shape index (κ3) is 2.60. The molecule has 1 N–H and O–H groups in total. The van der Waals surface area contributed by atoms with Gasteiger partial charge < -0.3 is 10.1 Å². The van der Waals surface area contributed by atoms with Crippen LogP contribution in [-0.2, 0) is 19.3 Å². The summed E-state index contributed by atoms with van der Waals surface area (Å²) in [5.41, 5.74) is 4.51. The van der Waals surface area contributed by atoms with Gasteiger partial charge in [-0.1, -0.05) is 18.2 Å². The fourth-order valence-electron chi connectivity index (χ4n) is 3.05. The standard InChI is InChI=1S/C17H21NOS/c1-18-15(17-16(19-2)8-9-20-17)11-12-6-7-13-4-3-5-14(13)10-12/h6-10,15,18H,3-5,11H2,1-2H3. The number of hydrogen-bond donors (Lipinski definition) is 1. The molecule has 20 heavy (non-hydrogen) atoms. The summed E-state index contributed by atoms with van der Waals surface area (Å²) in [5, 5.41) is 5.52. The molecule has 0 saturated heterocycles. The maximum Gasteiger partial charge on any atom is 0.134 e. The van der Waals surface area contributed by atoms with Gasteiger partial charge in [-0.25, -0.2) is 0 Å². The van der Waals surface area contributed by atoms with Crippen molar-refractivity contribution in [3.63, 3.8) is 0 Å². The Morgan fingerprint density at radius 3 is 2.90 bits per heavy atom. The highest BCUT2D eigenvalue weighted by Crippen LogP contribution is 2.33. The lowest BCUT2D eigenvalue weighted by molar-refractivity contribution is 0.405. The van der Waals surface area contributed by atoms with Crippen LogP contribution in [0.3, 0.4) is 0 Å². The first-order valence-corrected chi connectivity index (χ1v) is 8.09. The lowest BCUT2D eigenvalue weighted by atomic mass is 10.00. The van der Waals surface area contributed by atoms with E-state index in [4.69, 9.17) is 4.74 Å². The fraction of sp³-hybridized carbons (Fsp3) is 0.412. The Hall–Kier alpha value is -1.32. The largest absolute Gasteiger partial charge is 0.496 e.